The second-order valence-electron chi connectivity index (χ2n) is 6.03. The fourth-order valence-corrected chi connectivity index (χ4v) is 3.41. The molecule has 2 aliphatic heterocycles. The Labute approximate surface area is 135 Å². The van der Waals surface area contributed by atoms with Crippen LogP contribution in [0.15, 0.2) is 36.5 Å². The summed E-state index contributed by atoms with van der Waals surface area (Å²) >= 11 is 0. The molecule has 2 aromatic rings. The molecule has 3 heterocycles. The van der Waals surface area contributed by atoms with Crippen molar-refractivity contribution in [2.45, 2.75) is 25.3 Å². The average molecular weight is 312 g/mol. The molecule has 0 radical (unpaired) electrons. The number of nitrogens with one attached hydrogen (secondary N) is 1. The summed E-state index contributed by atoms with van der Waals surface area (Å²) in [6, 6.07) is 9.98. The molecule has 23 heavy (non-hydrogen) atoms. The van der Waals surface area contributed by atoms with Crippen molar-refractivity contribution in [2.24, 2.45) is 0 Å². The highest BCUT2D eigenvalue weighted by Crippen LogP contribution is 2.33. The molecule has 0 aliphatic carbocycles. The zero-order valence-electron chi connectivity index (χ0n) is 13.0. The normalized spacial score (nSPS) is 19.8. The van der Waals surface area contributed by atoms with Crippen LogP contribution in [0.25, 0.3) is 0 Å². The monoisotopic (exact) mass is 312 g/mol. The third-order valence-corrected chi connectivity index (χ3v) is 4.52. The van der Waals surface area contributed by atoms with Crippen molar-refractivity contribution in [3.05, 3.63) is 47.8 Å². The predicted octanol–water partition coefficient (Wildman–Crippen LogP) is 2.69. The smallest absolute Gasteiger partial charge is 0.227 e. The van der Waals surface area contributed by atoms with E-state index in [1.165, 1.54) is 0 Å². The van der Waals surface area contributed by atoms with Gasteiger partial charge in [-0.15, -0.1) is 0 Å². The molecule has 5 heteroatoms. The topological polar surface area (TPSA) is 54.6 Å². The number of hydrogen-bond acceptors (Lipinski definition) is 3. The Morgan fingerprint density at radius 1 is 1.22 bits per heavy atom. The fourth-order valence-electron chi connectivity index (χ4n) is 3.41. The molecule has 1 saturated heterocycles. The first-order chi connectivity index (χ1) is 11.3. The van der Waals surface area contributed by atoms with Gasteiger partial charge in [-0.1, -0.05) is 6.07 Å². The third kappa shape index (κ3) is 2.79. The van der Waals surface area contributed by atoms with Gasteiger partial charge in [-0.05, 0) is 42.7 Å². The molecule has 2 aliphatic rings. The molecule has 0 unspecified atom stereocenters. The van der Waals surface area contributed by atoms with Crippen molar-refractivity contribution < 1.29 is 14.3 Å². The zero-order valence-corrected chi connectivity index (χ0v) is 13.0. The summed E-state index contributed by atoms with van der Waals surface area (Å²) in [6.45, 7) is 1.97. The summed E-state index contributed by atoms with van der Waals surface area (Å²) in [5.41, 5.74) is 2.09. The van der Waals surface area contributed by atoms with E-state index in [2.05, 4.69) is 11.1 Å². The zero-order chi connectivity index (χ0) is 15.6. The van der Waals surface area contributed by atoms with E-state index in [1.807, 2.05) is 35.4 Å². The maximum absolute atomic E-state index is 12.7. The van der Waals surface area contributed by atoms with Gasteiger partial charge in [0.15, 0.2) is 11.5 Å². The van der Waals surface area contributed by atoms with Crippen molar-refractivity contribution in [2.75, 3.05) is 19.8 Å². The SMILES string of the molecule is O=C(Cc1ccc2c(c1)OCCO2)N1CCC[C@H]1c1ccc[nH]1. The van der Waals surface area contributed by atoms with Crippen LogP contribution in [0.2, 0.25) is 0 Å². The summed E-state index contributed by atoms with van der Waals surface area (Å²) in [6.07, 6.45) is 4.38. The summed E-state index contributed by atoms with van der Waals surface area (Å²) < 4.78 is 11.1. The van der Waals surface area contributed by atoms with E-state index in [1.54, 1.807) is 0 Å². The Kier molecular flexibility index (Phi) is 3.69. The van der Waals surface area contributed by atoms with Crippen LogP contribution in [0.4, 0.5) is 0 Å². The van der Waals surface area contributed by atoms with E-state index in [0.717, 1.165) is 42.1 Å². The van der Waals surface area contributed by atoms with Crippen LogP contribution in [-0.2, 0) is 11.2 Å². The van der Waals surface area contributed by atoms with Gasteiger partial charge < -0.3 is 19.4 Å². The van der Waals surface area contributed by atoms with Gasteiger partial charge in [0.1, 0.15) is 13.2 Å². The van der Waals surface area contributed by atoms with E-state index in [0.29, 0.717) is 19.6 Å². The van der Waals surface area contributed by atoms with Crippen molar-refractivity contribution in [1.29, 1.82) is 0 Å². The number of carbonyl (C=O) groups is 1. The molecule has 1 fully saturated rings. The molecule has 0 saturated carbocycles. The molecule has 0 bridgehead atoms. The van der Waals surface area contributed by atoms with Gasteiger partial charge in [-0.2, -0.15) is 0 Å². The summed E-state index contributed by atoms with van der Waals surface area (Å²) in [7, 11) is 0. The highest BCUT2D eigenvalue weighted by Gasteiger charge is 2.30. The van der Waals surface area contributed by atoms with Crippen LogP contribution in [-0.4, -0.2) is 35.5 Å². The van der Waals surface area contributed by atoms with E-state index in [9.17, 15) is 4.79 Å². The highest BCUT2D eigenvalue weighted by molar-refractivity contribution is 5.79. The molecule has 1 aromatic heterocycles. The Morgan fingerprint density at radius 3 is 2.91 bits per heavy atom. The van der Waals surface area contributed by atoms with E-state index in [4.69, 9.17) is 9.47 Å². The molecular formula is C18H20N2O3. The number of carbonyl (C=O) groups excluding carboxylic acids is 1. The molecule has 1 amide bonds. The van der Waals surface area contributed by atoms with Gasteiger partial charge in [0.25, 0.3) is 0 Å². The molecule has 120 valence electrons. The molecule has 1 N–H and O–H groups in total. The minimum atomic E-state index is 0.166. The number of aromatic nitrogens is 1. The maximum Gasteiger partial charge on any atom is 0.227 e. The molecule has 5 nitrogen and oxygen atoms in total. The fraction of sp³-hybridized carbons (Fsp3) is 0.389. The lowest BCUT2D eigenvalue weighted by Gasteiger charge is -2.24. The first-order valence-electron chi connectivity index (χ1n) is 8.12. The maximum atomic E-state index is 12.7. The van der Waals surface area contributed by atoms with Gasteiger partial charge in [-0.3, -0.25) is 4.79 Å². The number of ether oxygens (including phenoxy) is 2. The number of likely N-dealkylation sites (tertiary alicyclic amines) is 1. The van der Waals surface area contributed by atoms with E-state index >= 15 is 0 Å². The lowest BCUT2D eigenvalue weighted by Crippen LogP contribution is -2.32. The molecule has 1 aromatic carbocycles. The summed E-state index contributed by atoms with van der Waals surface area (Å²) in [5, 5.41) is 0. The summed E-state index contributed by atoms with van der Waals surface area (Å²) in [5.74, 6) is 1.67. The van der Waals surface area contributed by atoms with Gasteiger partial charge in [0, 0.05) is 18.4 Å². The third-order valence-electron chi connectivity index (χ3n) is 4.52. The highest BCUT2D eigenvalue weighted by atomic mass is 16.6. The van der Waals surface area contributed by atoms with Crippen molar-refractivity contribution in [1.82, 2.24) is 9.88 Å². The van der Waals surface area contributed by atoms with E-state index in [-0.39, 0.29) is 11.9 Å². The van der Waals surface area contributed by atoms with Crippen LogP contribution in [0.5, 0.6) is 11.5 Å². The van der Waals surface area contributed by atoms with Gasteiger partial charge in [-0.25, -0.2) is 0 Å². The molecule has 4 rings (SSSR count). The Balaban J connectivity index is 1.49. The number of nitrogens with zero attached hydrogens (tertiary/aromatic N) is 1. The molecule has 1 atom stereocenters. The van der Waals surface area contributed by atoms with Gasteiger partial charge in [0.2, 0.25) is 5.91 Å². The minimum absolute atomic E-state index is 0.166. The van der Waals surface area contributed by atoms with Crippen molar-refractivity contribution in [3.63, 3.8) is 0 Å². The lowest BCUT2D eigenvalue weighted by atomic mass is 10.1. The second-order valence-corrected chi connectivity index (χ2v) is 6.03. The number of amides is 1. The number of rotatable bonds is 3. The van der Waals surface area contributed by atoms with Crippen LogP contribution in [0.3, 0.4) is 0 Å². The number of fused-ring (bicyclic) bond motifs is 1. The molecular weight excluding hydrogens is 292 g/mol. The van der Waals surface area contributed by atoms with Crippen LogP contribution in [0, 0.1) is 0 Å². The van der Waals surface area contributed by atoms with Crippen LogP contribution in [0.1, 0.15) is 30.1 Å². The summed E-state index contributed by atoms with van der Waals surface area (Å²) in [4.78, 5) is 18.0. The van der Waals surface area contributed by atoms with Crippen molar-refractivity contribution in [3.8, 4) is 11.5 Å². The number of H-pyrrole nitrogens is 1. The van der Waals surface area contributed by atoms with E-state index < -0.39 is 0 Å². The molecule has 0 spiro atoms. The Bertz CT molecular complexity index is 696. The second kappa shape index (κ2) is 5.99. The van der Waals surface area contributed by atoms with Crippen LogP contribution >= 0.6 is 0 Å². The standard InChI is InChI=1S/C18H20N2O3/c21-18(20-8-2-4-15(20)14-3-1-7-19-14)12-13-5-6-16-17(11-13)23-10-9-22-16/h1,3,5-7,11,15,19H,2,4,8-10,12H2/t15-/m0/s1. The number of benzene rings is 1. The minimum Gasteiger partial charge on any atom is -0.486 e. The average Bonchev–Trinajstić information content (AvgIpc) is 3.25. The quantitative estimate of drug-likeness (QED) is 0.948. The Morgan fingerprint density at radius 2 is 2.09 bits per heavy atom. The predicted molar refractivity (Wildman–Crippen MR) is 85.6 cm³/mol. The lowest BCUT2D eigenvalue weighted by molar-refractivity contribution is -0.131. The van der Waals surface area contributed by atoms with Crippen molar-refractivity contribution >= 4 is 5.91 Å². The Hall–Kier alpha value is -2.43. The van der Waals surface area contributed by atoms with Gasteiger partial charge in [0.05, 0.1) is 12.5 Å². The number of aromatic amines is 1. The van der Waals surface area contributed by atoms with Gasteiger partial charge >= 0.3 is 0 Å². The van der Waals surface area contributed by atoms with Crippen LogP contribution < -0.4 is 9.47 Å². The number of hydrogen-bond donors (Lipinski definition) is 1. The largest absolute Gasteiger partial charge is 0.486 e. The first kappa shape index (κ1) is 14.2. The first-order valence-corrected chi connectivity index (χ1v) is 8.12.